The molecule has 0 amide bonds. The molecule has 1 aromatic carbocycles. The van der Waals surface area contributed by atoms with Crippen LogP contribution < -0.4 is 0 Å². The van der Waals surface area contributed by atoms with Crippen molar-refractivity contribution in [3.63, 3.8) is 0 Å². The largest absolute Gasteiger partial charge is 0.0991 e. The van der Waals surface area contributed by atoms with E-state index < -0.39 is 0 Å². The van der Waals surface area contributed by atoms with E-state index in [-0.39, 0.29) is 0 Å². The predicted octanol–water partition coefficient (Wildman–Crippen LogP) is 3.83. The Kier molecular flexibility index (Phi) is 4.41. The summed E-state index contributed by atoms with van der Waals surface area (Å²) in [6.07, 6.45) is 11.0. The minimum atomic E-state index is 0.959. The first-order chi connectivity index (χ1) is 6.43. The molecule has 0 heteroatoms. The van der Waals surface area contributed by atoms with Crippen LogP contribution in [0.15, 0.2) is 61.2 Å². The molecule has 0 unspecified atom stereocenters. The Morgan fingerprint density at radius 2 is 1.85 bits per heavy atom. The average molecular weight is 170 g/mol. The molecule has 0 aromatic heterocycles. The summed E-state index contributed by atoms with van der Waals surface area (Å²) in [5.41, 5.74) is 1.24. The van der Waals surface area contributed by atoms with Gasteiger partial charge in [-0.3, -0.25) is 0 Å². The average Bonchev–Trinajstić information content (AvgIpc) is 2.19. The van der Waals surface area contributed by atoms with Gasteiger partial charge in [0.2, 0.25) is 0 Å². The summed E-state index contributed by atoms with van der Waals surface area (Å²) in [4.78, 5) is 0. The zero-order valence-corrected chi connectivity index (χ0v) is 7.69. The van der Waals surface area contributed by atoms with Crippen LogP contribution in [-0.2, 0) is 0 Å². The molecule has 1 aromatic rings. The first-order valence-corrected chi connectivity index (χ1v) is 4.42. The molecule has 13 heavy (non-hydrogen) atoms. The van der Waals surface area contributed by atoms with Crippen LogP contribution in [0.2, 0.25) is 0 Å². The van der Waals surface area contributed by atoms with Crippen molar-refractivity contribution >= 4 is 6.08 Å². The van der Waals surface area contributed by atoms with Crippen LogP contribution in [0, 0.1) is 0 Å². The maximum Gasteiger partial charge on any atom is -0.0163 e. The quantitative estimate of drug-likeness (QED) is 0.602. The lowest BCUT2D eigenvalue weighted by Crippen LogP contribution is -1.67. The molecule has 0 atom stereocenters. The summed E-state index contributed by atoms with van der Waals surface area (Å²) in [6.45, 7) is 3.61. The minimum Gasteiger partial charge on any atom is -0.0991 e. The number of rotatable bonds is 4. The Balaban J connectivity index is 2.41. The summed E-state index contributed by atoms with van der Waals surface area (Å²) >= 11 is 0. The van der Waals surface area contributed by atoms with Gasteiger partial charge in [-0.05, 0) is 12.0 Å². The Morgan fingerprint density at radius 3 is 2.54 bits per heavy atom. The van der Waals surface area contributed by atoms with Gasteiger partial charge in [0.25, 0.3) is 0 Å². The van der Waals surface area contributed by atoms with E-state index in [0.29, 0.717) is 0 Å². The summed E-state index contributed by atoms with van der Waals surface area (Å²) in [5, 5.41) is 0. The third-order valence-electron chi connectivity index (χ3n) is 1.65. The van der Waals surface area contributed by atoms with Gasteiger partial charge in [-0.25, -0.2) is 0 Å². The molecule has 0 nitrogen and oxygen atoms in total. The fourth-order valence-electron chi connectivity index (χ4n) is 1.02. The van der Waals surface area contributed by atoms with E-state index in [4.69, 9.17) is 0 Å². The predicted molar refractivity (Wildman–Crippen MR) is 59.4 cm³/mol. The second-order valence-corrected chi connectivity index (χ2v) is 2.71. The van der Waals surface area contributed by atoms with Gasteiger partial charge in [-0.2, -0.15) is 0 Å². The monoisotopic (exact) mass is 170 g/mol. The first kappa shape index (κ1) is 9.53. The van der Waals surface area contributed by atoms with Crippen LogP contribution in [0.5, 0.6) is 0 Å². The molecule has 0 bridgehead atoms. The minimum absolute atomic E-state index is 0.959. The Hall–Kier alpha value is -1.56. The van der Waals surface area contributed by atoms with Gasteiger partial charge in [-0.15, -0.1) is 0 Å². The second-order valence-electron chi connectivity index (χ2n) is 2.71. The molecule has 0 saturated carbocycles. The first-order valence-electron chi connectivity index (χ1n) is 4.42. The van der Waals surface area contributed by atoms with Crippen molar-refractivity contribution in [2.45, 2.75) is 6.42 Å². The van der Waals surface area contributed by atoms with Crippen LogP contribution in [0.4, 0.5) is 0 Å². The van der Waals surface area contributed by atoms with E-state index in [2.05, 4.69) is 36.9 Å². The highest BCUT2D eigenvalue weighted by atomic mass is 13.9. The highest BCUT2D eigenvalue weighted by molar-refractivity contribution is 5.48. The number of benzene rings is 1. The molecule has 0 aliphatic carbocycles. The molecule has 0 radical (unpaired) electrons. The highest BCUT2D eigenvalue weighted by Crippen LogP contribution is 2.01. The van der Waals surface area contributed by atoms with E-state index >= 15 is 0 Å². The molecular formula is C13H14. The molecule has 0 fully saturated rings. The molecule has 0 aliphatic rings. The van der Waals surface area contributed by atoms with E-state index in [1.54, 1.807) is 6.08 Å². The molecule has 0 aliphatic heterocycles. The van der Waals surface area contributed by atoms with Crippen molar-refractivity contribution in [2.24, 2.45) is 0 Å². The standard InChI is InChI=1S/C13H14/c1-2-3-4-5-7-10-13-11-8-6-9-12-13/h2-4,6-12H,1,5H2/b4-3+,10-7+. The molecular weight excluding hydrogens is 156 g/mol. The number of hydrogen-bond donors (Lipinski definition) is 0. The molecule has 1 rings (SSSR count). The maximum absolute atomic E-state index is 3.61. The van der Waals surface area contributed by atoms with Gasteiger partial charge in [0.15, 0.2) is 0 Å². The summed E-state index contributed by atoms with van der Waals surface area (Å²) < 4.78 is 0. The number of allylic oxidation sites excluding steroid dienone is 4. The van der Waals surface area contributed by atoms with Crippen LogP contribution in [0.1, 0.15) is 12.0 Å². The normalized spacial score (nSPS) is 11.1. The fraction of sp³-hybridized carbons (Fsp3) is 0.0769. The van der Waals surface area contributed by atoms with E-state index in [1.165, 1.54) is 5.56 Å². The van der Waals surface area contributed by atoms with Crippen LogP contribution in [0.25, 0.3) is 6.08 Å². The lowest BCUT2D eigenvalue weighted by Gasteiger charge is -1.89. The van der Waals surface area contributed by atoms with Gasteiger partial charge in [0, 0.05) is 0 Å². The molecule has 0 saturated heterocycles. The van der Waals surface area contributed by atoms with Crippen LogP contribution >= 0.6 is 0 Å². The molecule has 0 N–H and O–H groups in total. The van der Waals surface area contributed by atoms with E-state index in [1.807, 2.05) is 24.3 Å². The van der Waals surface area contributed by atoms with E-state index in [9.17, 15) is 0 Å². The fourth-order valence-corrected chi connectivity index (χ4v) is 1.02. The second kappa shape index (κ2) is 6.01. The SMILES string of the molecule is C=C/C=C/C/C=C/c1ccccc1. The van der Waals surface area contributed by atoms with Crippen molar-refractivity contribution < 1.29 is 0 Å². The zero-order valence-electron chi connectivity index (χ0n) is 7.69. The van der Waals surface area contributed by atoms with Gasteiger partial charge in [0.1, 0.15) is 0 Å². The smallest absolute Gasteiger partial charge is 0.0163 e. The third kappa shape index (κ3) is 4.12. The Morgan fingerprint density at radius 1 is 1.08 bits per heavy atom. The van der Waals surface area contributed by atoms with Gasteiger partial charge >= 0.3 is 0 Å². The zero-order chi connectivity index (χ0) is 9.36. The summed E-state index contributed by atoms with van der Waals surface area (Å²) in [7, 11) is 0. The molecule has 66 valence electrons. The maximum atomic E-state index is 3.61. The summed E-state index contributed by atoms with van der Waals surface area (Å²) in [6, 6.07) is 10.3. The highest BCUT2D eigenvalue weighted by Gasteiger charge is 1.80. The lowest BCUT2D eigenvalue weighted by molar-refractivity contribution is 1.41. The third-order valence-corrected chi connectivity index (χ3v) is 1.65. The number of hydrogen-bond acceptors (Lipinski definition) is 0. The lowest BCUT2D eigenvalue weighted by atomic mass is 10.2. The van der Waals surface area contributed by atoms with Crippen molar-refractivity contribution in [3.8, 4) is 0 Å². The Labute approximate surface area is 79.9 Å². The molecule has 0 heterocycles. The van der Waals surface area contributed by atoms with Gasteiger partial charge < -0.3 is 0 Å². The summed E-state index contributed by atoms with van der Waals surface area (Å²) in [5.74, 6) is 0. The van der Waals surface area contributed by atoms with Crippen LogP contribution in [0.3, 0.4) is 0 Å². The van der Waals surface area contributed by atoms with Crippen molar-refractivity contribution in [1.82, 2.24) is 0 Å². The molecule has 0 spiro atoms. The Bertz CT molecular complexity index is 291. The van der Waals surface area contributed by atoms with Crippen molar-refractivity contribution in [1.29, 1.82) is 0 Å². The van der Waals surface area contributed by atoms with E-state index in [0.717, 1.165) is 6.42 Å². The van der Waals surface area contributed by atoms with Crippen LogP contribution in [-0.4, -0.2) is 0 Å². The van der Waals surface area contributed by atoms with Gasteiger partial charge in [0.05, 0.1) is 0 Å². The van der Waals surface area contributed by atoms with Crippen molar-refractivity contribution in [2.75, 3.05) is 0 Å². The topological polar surface area (TPSA) is 0 Å². The van der Waals surface area contributed by atoms with Gasteiger partial charge in [-0.1, -0.05) is 67.3 Å². The van der Waals surface area contributed by atoms with Crippen molar-refractivity contribution in [3.05, 3.63) is 66.8 Å².